The highest BCUT2D eigenvalue weighted by molar-refractivity contribution is 7.26. The third-order valence-electron chi connectivity index (χ3n) is 12.9. The van der Waals surface area contributed by atoms with Crippen molar-refractivity contribution < 1.29 is 0 Å². The Balaban J connectivity index is 1.46. The summed E-state index contributed by atoms with van der Waals surface area (Å²) in [5, 5.41) is 2.73. The van der Waals surface area contributed by atoms with Gasteiger partial charge in [-0.15, -0.1) is 11.3 Å². The van der Waals surface area contributed by atoms with Gasteiger partial charge in [0.2, 0.25) is 0 Å². The fourth-order valence-corrected chi connectivity index (χ4v) is 11.3. The predicted octanol–water partition coefficient (Wildman–Crippen LogP) is 9.69. The molecule has 4 aromatic carbocycles. The first-order chi connectivity index (χ1) is 21.2. The molecule has 2 bridgehead atoms. The monoisotopic (exact) mass is 601 g/mol. The van der Waals surface area contributed by atoms with Crippen LogP contribution in [0, 0.1) is 6.92 Å². The standard InChI is InChI=1S/C41H41B2NS/c1-22-16-27-24-10-11-25-26-20-29-30(39(4,5)15-14-38(29,2)3)21-33(26)45-37(25)34(24)28-18-23(42)19-31-36(28)44(32(17-22)35(27)43)41(7)13-9-8-12-40(31,41)6/h10-11,16-21H,8-9,12-15H2,1-7H3. The maximum atomic E-state index is 7.30. The number of aryl methyl sites for hydroxylation is 1. The Morgan fingerprint density at radius 3 is 2.16 bits per heavy atom. The van der Waals surface area contributed by atoms with Gasteiger partial charge in [0.15, 0.2) is 0 Å². The van der Waals surface area contributed by atoms with Gasteiger partial charge in [0.25, 0.3) is 0 Å². The van der Waals surface area contributed by atoms with E-state index >= 15 is 0 Å². The first-order valence-electron chi connectivity index (χ1n) is 16.9. The zero-order valence-electron chi connectivity index (χ0n) is 27.9. The minimum absolute atomic E-state index is 0.0180. The molecule has 4 radical (unpaired) electrons. The molecule has 4 aliphatic rings. The summed E-state index contributed by atoms with van der Waals surface area (Å²) in [7, 11) is 14.2. The van der Waals surface area contributed by atoms with Gasteiger partial charge in [0.1, 0.15) is 15.7 Å². The number of benzene rings is 4. The van der Waals surface area contributed by atoms with Gasteiger partial charge in [-0.1, -0.05) is 88.7 Å². The van der Waals surface area contributed by atoms with E-state index in [2.05, 4.69) is 102 Å². The summed E-state index contributed by atoms with van der Waals surface area (Å²) in [5.41, 5.74) is 15.1. The molecule has 5 aromatic rings. The number of rotatable bonds is 0. The molecule has 0 amide bonds. The van der Waals surface area contributed by atoms with Crippen molar-refractivity contribution in [3.05, 3.63) is 70.8 Å². The van der Waals surface area contributed by atoms with Crippen molar-refractivity contribution in [2.45, 2.75) is 109 Å². The maximum Gasteiger partial charge on any atom is 0.117 e. The average molecular weight is 601 g/mol. The summed E-state index contributed by atoms with van der Waals surface area (Å²) in [6, 6.07) is 19.0. The van der Waals surface area contributed by atoms with Crippen LogP contribution in [0.3, 0.4) is 0 Å². The smallest absolute Gasteiger partial charge is 0.117 e. The molecule has 4 heteroatoms. The van der Waals surface area contributed by atoms with Crippen LogP contribution in [-0.4, -0.2) is 21.2 Å². The Morgan fingerprint density at radius 2 is 1.40 bits per heavy atom. The van der Waals surface area contributed by atoms with Crippen LogP contribution >= 0.6 is 11.3 Å². The second-order valence-corrected chi connectivity index (χ2v) is 17.5. The quantitative estimate of drug-likeness (QED) is 0.160. The van der Waals surface area contributed by atoms with E-state index in [4.69, 9.17) is 15.7 Å². The van der Waals surface area contributed by atoms with Gasteiger partial charge in [-0.2, -0.15) is 0 Å². The average Bonchev–Trinajstić information content (AvgIpc) is 3.45. The van der Waals surface area contributed by atoms with Crippen molar-refractivity contribution in [2.24, 2.45) is 0 Å². The van der Waals surface area contributed by atoms with Gasteiger partial charge >= 0.3 is 0 Å². The number of nitrogens with zero attached hydrogens (tertiary/aromatic N) is 1. The lowest BCUT2D eigenvalue weighted by atomic mass is 9.61. The number of thiophene rings is 1. The minimum Gasteiger partial charge on any atom is -0.334 e. The van der Waals surface area contributed by atoms with Crippen molar-refractivity contribution in [1.29, 1.82) is 0 Å². The van der Waals surface area contributed by atoms with Gasteiger partial charge in [-0.05, 0) is 102 Å². The third kappa shape index (κ3) is 3.43. The topological polar surface area (TPSA) is 3.24 Å². The molecule has 2 atom stereocenters. The van der Waals surface area contributed by atoms with E-state index in [-0.39, 0.29) is 21.8 Å². The van der Waals surface area contributed by atoms with Crippen LogP contribution in [0.1, 0.15) is 102 Å². The van der Waals surface area contributed by atoms with E-state index < -0.39 is 0 Å². The molecule has 2 unspecified atom stereocenters. The Morgan fingerprint density at radius 1 is 0.689 bits per heavy atom. The molecule has 2 aliphatic heterocycles. The lowest BCUT2D eigenvalue weighted by Gasteiger charge is -2.51. The molecule has 0 saturated heterocycles. The molecule has 3 heterocycles. The van der Waals surface area contributed by atoms with Gasteiger partial charge in [0, 0.05) is 42.4 Å². The lowest BCUT2D eigenvalue weighted by molar-refractivity contribution is 0.195. The summed E-state index contributed by atoms with van der Waals surface area (Å²) in [4.78, 5) is 2.67. The van der Waals surface area contributed by atoms with E-state index in [9.17, 15) is 0 Å². The van der Waals surface area contributed by atoms with Crippen LogP contribution in [0.5, 0.6) is 0 Å². The third-order valence-corrected chi connectivity index (χ3v) is 14.1. The maximum absolute atomic E-state index is 7.30. The van der Waals surface area contributed by atoms with Crippen LogP contribution in [0.15, 0.2) is 48.5 Å². The highest BCUT2D eigenvalue weighted by Crippen LogP contribution is 2.64. The fourth-order valence-electron chi connectivity index (χ4n) is 10.00. The molecule has 222 valence electrons. The number of hydrogen-bond acceptors (Lipinski definition) is 2. The Labute approximate surface area is 275 Å². The molecule has 1 aromatic heterocycles. The van der Waals surface area contributed by atoms with Crippen molar-refractivity contribution in [3.63, 3.8) is 0 Å². The van der Waals surface area contributed by atoms with Crippen LogP contribution in [0.25, 0.3) is 42.4 Å². The van der Waals surface area contributed by atoms with Gasteiger partial charge in [-0.25, -0.2) is 0 Å². The van der Waals surface area contributed by atoms with E-state index in [0.29, 0.717) is 0 Å². The van der Waals surface area contributed by atoms with Crippen molar-refractivity contribution in [1.82, 2.24) is 0 Å². The normalized spacial score (nSPS) is 25.4. The van der Waals surface area contributed by atoms with Crippen LogP contribution in [0.4, 0.5) is 11.4 Å². The minimum atomic E-state index is -0.0862. The van der Waals surface area contributed by atoms with E-state index in [1.54, 1.807) is 0 Å². The first-order valence-corrected chi connectivity index (χ1v) is 17.8. The molecular formula is C41H41B2NS. The Kier molecular flexibility index (Phi) is 5.45. The van der Waals surface area contributed by atoms with Gasteiger partial charge < -0.3 is 4.90 Å². The van der Waals surface area contributed by atoms with Crippen molar-refractivity contribution in [3.8, 4) is 22.3 Å². The second kappa shape index (κ2) is 8.68. The highest BCUT2D eigenvalue weighted by atomic mass is 32.1. The largest absolute Gasteiger partial charge is 0.334 e. The number of hydrogen-bond donors (Lipinski definition) is 0. The zero-order chi connectivity index (χ0) is 31.4. The number of anilines is 2. The highest BCUT2D eigenvalue weighted by Gasteiger charge is 2.59. The van der Waals surface area contributed by atoms with E-state index in [1.165, 1.54) is 90.5 Å². The van der Waals surface area contributed by atoms with E-state index in [0.717, 1.165) is 35.0 Å². The molecular weight excluding hydrogens is 560 g/mol. The van der Waals surface area contributed by atoms with Gasteiger partial charge in [-0.3, -0.25) is 0 Å². The molecule has 0 N–H and O–H groups in total. The van der Waals surface area contributed by atoms with Gasteiger partial charge in [0.05, 0.1) is 11.2 Å². The fraction of sp³-hybridized carbons (Fsp3) is 0.415. The van der Waals surface area contributed by atoms with Crippen LogP contribution < -0.4 is 15.8 Å². The molecule has 45 heavy (non-hydrogen) atoms. The van der Waals surface area contributed by atoms with Crippen LogP contribution in [-0.2, 0) is 16.2 Å². The Bertz CT molecular complexity index is 2150. The predicted molar refractivity (Wildman–Crippen MR) is 197 cm³/mol. The number of fused-ring (bicyclic) bond motifs is 14. The van der Waals surface area contributed by atoms with Crippen molar-refractivity contribution in [2.75, 3.05) is 4.90 Å². The summed E-state index contributed by atoms with van der Waals surface area (Å²) >= 11 is 1.96. The SMILES string of the molecule is [B]c1cc2c3c(c1)C1(C)CCCCC1(C)N3c1cc(C)cc(c1[B])-c1ccc3c(sc4cc5c(cc43)C(C)(C)CCC5(C)C)c1-2. The molecule has 2 aliphatic carbocycles. The van der Waals surface area contributed by atoms with E-state index in [1.807, 2.05) is 11.3 Å². The zero-order valence-corrected chi connectivity index (χ0v) is 28.7. The molecule has 0 spiro atoms. The summed E-state index contributed by atoms with van der Waals surface area (Å²) in [5.74, 6) is 0. The molecule has 1 fully saturated rings. The Hall–Kier alpha value is -2.97. The van der Waals surface area contributed by atoms with Crippen LogP contribution in [0.2, 0.25) is 0 Å². The van der Waals surface area contributed by atoms with Crippen molar-refractivity contribution >= 4 is 69.5 Å². The molecule has 1 nitrogen and oxygen atoms in total. The summed E-state index contributed by atoms with van der Waals surface area (Å²) < 4.78 is 2.73. The molecule has 1 saturated carbocycles. The summed E-state index contributed by atoms with van der Waals surface area (Å²) in [6.45, 7) is 16.9. The summed E-state index contributed by atoms with van der Waals surface area (Å²) in [6.07, 6.45) is 7.20. The first kappa shape index (κ1) is 28.3. The molecule has 9 rings (SSSR count). The lowest BCUT2D eigenvalue weighted by Crippen LogP contribution is -2.55. The second-order valence-electron chi connectivity index (χ2n) is 16.5.